The topological polar surface area (TPSA) is 93.2 Å². The zero-order chi connectivity index (χ0) is 31.0. The van der Waals surface area contributed by atoms with E-state index < -0.39 is 43.9 Å². The average molecular weight is 655 g/mol. The van der Waals surface area contributed by atoms with E-state index in [1.165, 1.54) is 0 Å². The van der Waals surface area contributed by atoms with Crippen LogP contribution in [-0.4, -0.2) is 61.8 Å². The summed E-state index contributed by atoms with van der Waals surface area (Å²) in [6.07, 6.45) is -2.13. The number of carbonyl (C=O) groups excluding carboxylic acids is 2. The van der Waals surface area contributed by atoms with Crippen molar-refractivity contribution in [2.45, 2.75) is 50.7 Å². The molecule has 2 fully saturated rings. The number of carbonyl (C=O) groups is 2. The maximum atomic E-state index is 15.2. The van der Waals surface area contributed by atoms with Crippen molar-refractivity contribution < 1.29 is 45.1 Å². The summed E-state index contributed by atoms with van der Waals surface area (Å²) in [6, 6.07) is 7.36. The fourth-order valence-electron chi connectivity index (χ4n) is 4.88. The Labute approximate surface area is 250 Å². The van der Waals surface area contributed by atoms with Crippen LogP contribution in [0.1, 0.15) is 66.1 Å². The third-order valence-electron chi connectivity index (χ3n) is 7.15. The molecule has 1 amide bonds. The molecule has 2 aliphatic rings. The van der Waals surface area contributed by atoms with Gasteiger partial charge in [0.25, 0.3) is 10.0 Å². The number of ether oxygens (including phenoxy) is 1. The van der Waals surface area contributed by atoms with E-state index >= 15 is 4.39 Å². The molecule has 1 saturated carbocycles. The molecule has 0 bridgehead atoms. The van der Waals surface area contributed by atoms with Crippen LogP contribution in [-0.2, 0) is 19.7 Å². The number of likely N-dealkylation sites (tertiary alicyclic amines) is 1. The monoisotopic (exact) mass is 654 g/mol. The Morgan fingerprint density at radius 1 is 1.10 bits per heavy atom. The molecular formula is C27H28Cl2F4N2O6S. The van der Waals surface area contributed by atoms with Crippen LogP contribution in [0.25, 0.3) is 0 Å². The summed E-state index contributed by atoms with van der Waals surface area (Å²) < 4.78 is 82.5. The summed E-state index contributed by atoms with van der Waals surface area (Å²) in [4.78, 5) is 30.2. The highest BCUT2D eigenvalue weighted by Crippen LogP contribution is 2.45. The number of hydrogen-bond acceptors (Lipinski definition) is 7. The van der Waals surface area contributed by atoms with Gasteiger partial charge in [0.15, 0.2) is 0 Å². The van der Waals surface area contributed by atoms with Crippen molar-refractivity contribution in [1.29, 1.82) is 0 Å². The molecule has 0 spiro atoms. The third kappa shape index (κ3) is 7.86. The Morgan fingerprint density at radius 3 is 2.31 bits per heavy atom. The van der Waals surface area contributed by atoms with Gasteiger partial charge in [-0.1, -0.05) is 27.7 Å². The van der Waals surface area contributed by atoms with Gasteiger partial charge in [-0.05, 0) is 80.5 Å². The van der Waals surface area contributed by atoms with Gasteiger partial charge in [-0.25, -0.2) is 17.6 Å². The molecular weight excluding hydrogens is 627 g/mol. The van der Waals surface area contributed by atoms with Crippen LogP contribution < -0.4 is 4.74 Å². The molecule has 230 valence electrons. The van der Waals surface area contributed by atoms with Crippen molar-refractivity contribution >= 4 is 45.1 Å². The Morgan fingerprint density at radius 2 is 1.74 bits per heavy atom. The molecule has 1 heterocycles. The molecule has 2 aromatic rings. The summed E-state index contributed by atoms with van der Waals surface area (Å²) >= 11 is 12.3. The van der Waals surface area contributed by atoms with Gasteiger partial charge in [-0.15, -0.1) is 0 Å². The first-order chi connectivity index (χ1) is 19.5. The van der Waals surface area contributed by atoms with Gasteiger partial charge < -0.3 is 9.57 Å². The normalized spacial score (nSPS) is 18.8. The molecule has 1 saturated heterocycles. The Bertz CT molecular complexity index is 1450. The second-order valence-electron chi connectivity index (χ2n) is 10.5. The summed E-state index contributed by atoms with van der Waals surface area (Å²) in [5, 5.41) is 1.08. The minimum Gasteiger partial charge on any atom is -0.493 e. The van der Waals surface area contributed by atoms with Crippen molar-refractivity contribution in [2.24, 2.45) is 5.92 Å². The SMILES string of the molecule is C[C@@H](c1cc(Cl)cc(Cl)c1)N1CCC[C@H](COc2cc(F)c(C(=O)N(OC(=O)C(F)(F)F)S(C)(=O)=O)cc2C2CC2)C1. The largest absolute Gasteiger partial charge is 0.493 e. The second kappa shape index (κ2) is 12.6. The average Bonchev–Trinajstić information content (AvgIpc) is 3.73. The van der Waals surface area contributed by atoms with Crippen LogP contribution >= 0.6 is 23.2 Å². The number of hydrogen-bond donors (Lipinski definition) is 0. The van der Waals surface area contributed by atoms with Gasteiger partial charge in [-0.3, -0.25) is 9.69 Å². The fraction of sp³-hybridized carbons (Fsp3) is 0.481. The van der Waals surface area contributed by atoms with Gasteiger partial charge >= 0.3 is 18.1 Å². The summed E-state index contributed by atoms with van der Waals surface area (Å²) in [6.45, 7) is 3.80. The summed E-state index contributed by atoms with van der Waals surface area (Å²) in [7, 11) is -4.85. The molecule has 0 aromatic heterocycles. The molecule has 15 heteroatoms. The van der Waals surface area contributed by atoms with Crippen LogP contribution in [0.5, 0.6) is 5.75 Å². The number of benzene rings is 2. The van der Waals surface area contributed by atoms with Gasteiger partial charge in [0.05, 0.1) is 18.4 Å². The number of hydroxylamine groups is 1. The van der Waals surface area contributed by atoms with Crippen molar-refractivity contribution in [3.8, 4) is 5.75 Å². The molecule has 4 rings (SSSR count). The minimum absolute atomic E-state index is 0.0259. The first-order valence-electron chi connectivity index (χ1n) is 13.0. The number of nitrogens with zero attached hydrogens (tertiary/aromatic N) is 2. The zero-order valence-electron chi connectivity index (χ0n) is 22.6. The molecule has 0 N–H and O–H groups in total. The van der Waals surface area contributed by atoms with Crippen molar-refractivity contribution in [3.63, 3.8) is 0 Å². The van der Waals surface area contributed by atoms with E-state index in [1.807, 2.05) is 19.1 Å². The first kappa shape index (κ1) is 32.3. The van der Waals surface area contributed by atoms with E-state index in [2.05, 4.69) is 9.74 Å². The van der Waals surface area contributed by atoms with Gasteiger partial charge in [0.2, 0.25) is 0 Å². The number of sulfonamides is 1. The highest BCUT2D eigenvalue weighted by atomic mass is 35.5. The van der Waals surface area contributed by atoms with E-state index in [1.54, 1.807) is 6.07 Å². The van der Waals surface area contributed by atoms with E-state index in [0.29, 0.717) is 41.3 Å². The zero-order valence-corrected chi connectivity index (χ0v) is 24.9. The lowest BCUT2D eigenvalue weighted by atomic mass is 9.95. The first-order valence-corrected chi connectivity index (χ1v) is 15.6. The van der Waals surface area contributed by atoms with E-state index in [4.69, 9.17) is 27.9 Å². The standard InChI is InChI=1S/C27H28Cl2F4N2O6S/c1-15(18-8-19(28)10-20(29)9-18)34-7-3-4-16(13-34)14-40-24-12-23(30)22(11-21(24)17-5-6-17)25(36)35(42(2,38)39)41-26(37)27(31,32)33/h8-12,15-17H,3-7,13-14H2,1-2H3/t15-,16-/m0/s1. The summed E-state index contributed by atoms with van der Waals surface area (Å²) in [5.74, 6) is -5.86. The number of rotatable bonds is 8. The van der Waals surface area contributed by atoms with Crippen molar-refractivity contribution in [2.75, 3.05) is 26.0 Å². The highest BCUT2D eigenvalue weighted by Gasteiger charge is 2.46. The highest BCUT2D eigenvalue weighted by molar-refractivity contribution is 7.88. The van der Waals surface area contributed by atoms with Gasteiger partial charge in [-0.2, -0.15) is 13.2 Å². The fourth-order valence-corrected chi connectivity index (χ4v) is 6.02. The van der Waals surface area contributed by atoms with Crippen LogP contribution in [0.2, 0.25) is 10.0 Å². The van der Waals surface area contributed by atoms with Crippen LogP contribution in [0.3, 0.4) is 0 Å². The maximum absolute atomic E-state index is 15.2. The van der Waals surface area contributed by atoms with Crippen molar-refractivity contribution in [1.82, 2.24) is 9.37 Å². The smallest absolute Gasteiger partial charge is 0.493 e. The Balaban J connectivity index is 1.50. The molecule has 1 aliphatic carbocycles. The van der Waals surface area contributed by atoms with E-state index in [9.17, 15) is 31.2 Å². The molecule has 2 atom stereocenters. The van der Waals surface area contributed by atoms with Crippen LogP contribution in [0.4, 0.5) is 17.6 Å². The molecule has 1 aliphatic heterocycles. The Kier molecular flexibility index (Phi) is 9.66. The van der Waals surface area contributed by atoms with E-state index in [0.717, 1.165) is 37.1 Å². The molecule has 42 heavy (non-hydrogen) atoms. The lowest BCUT2D eigenvalue weighted by molar-refractivity contribution is -0.216. The van der Waals surface area contributed by atoms with Gasteiger partial charge in [0, 0.05) is 34.6 Å². The quantitative estimate of drug-likeness (QED) is 0.244. The molecule has 8 nitrogen and oxygen atoms in total. The van der Waals surface area contributed by atoms with Crippen LogP contribution in [0.15, 0.2) is 30.3 Å². The number of halogens is 6. The number of alkyl halides is 3. The third-order valence-corrected chi connectivity index (χ3v) is 8.43. The minimum atomic E-state index is -5.59. The molecule has 0 unspecified atom stereocenters. The van der Waals surface area contributed by atoms with E-state index in [-0.39, 0.29) is 30.2 Å². The van der Waals surface area contributed by atoms with Gasteiger partial charge in [0.1, 0.15) is 11.6 Å². The predicted octanol–water partition coefficient (Wildman–Crippen LogP) is 6.28. The van der Waals surface area contributed by atoms with Crippen molar-refractivity contribution in [3.05, 3.63) is 62.9 Å². The predicted molar refractivity (Wildman–Crippen MR) is 146 cm³/mol. The van der Waals surface area contributed by atoms with Crippen LogP contribution in [0, 0.1) is 11.7 Å². The number of piperidine rings is 1. The molecule has 2 aromatic carbocycles. The maximum Gasteiger partial charge on any atom is 0.493 e. The summed E-state index contributed by atoms with van der Waals surface area (Å²) in [5.41, 5.74) is 0.504. The molecule has 0 radical (unpaired) electrons. The second-order valence-corrected chi connectivity index (χ2v) is 13.2. The lowest BCUT2D eigenvalue weighted by Gasteiger charge is -2.37. The number of amides is 1. The lowest BCUT2D eigenvalue weighted by Crippen LogP contribution is -2.42. The Hall–Kier alpha value is -2.61.